The minimum Gasteiger partial charge on any atom is -0.274 e. The zero-order valence-electron chi connectivity index (χ0n) is 14.9. The van der Waals surface area contributed by atoms with Crippen molar-refractivity contribution in [1.29, 1.82) is 0 Å². The van der Waals surface area contributed by atoms with Crippen molar-refractivity contribution in [2.45, 2.75) is 20.4 Å². The molecule has 27 heavy (non-hydrogen) atoms. The maximum Gasteiger partial charge on any atom is 0.236 e. The summed E-state index contributed by atoms with van der Waals surface area (Å²) in [6.07, 6.45) is 1.78. The number of fused-ring (bicyclic) bond motifs is 2. The minimum atomic E-state index is -0.229. The lowest BCUT2D eigenvalue weighted by Gasteiger charge is -2.05. The van der Waals surface area contributed by atoms with Crippen LogP contribution in [0, 0.1) is 0 Å². The topological polar surface area (TPSA) is 98.0 Å². The van der Waals surface area contributed by atoms with Crippen LogP contribution in [-0.2, 0) is 11.3 Å². The zero-order valence-corrected chi connectivity index (χ0v) is 14.9. The fourth-order valence-corrected chi connectivity index (χ4v) is 2.78. The van der Waals surface area contributed by atoms with Crippen molar-refractivity contribution in [2.75, 3.05) is 0 Å². The molecule has 134 valence electrons. The summed E-state index contributed by atoms with van der Waals surface area (Å²) in [6, 6.07) is 13.7. The summed E-state index contributed by atoms with van der Waals surface area (Å²) in [5.74, 6) is -0.229. The van der Waals surface area contributed by atoms with Crippen molar-refractivity contribution in [3.63, 3.8) is 0 Å². The van der Waals surface area contributed by atoms with Crippen molar-refractivity contribution in [2.24, 2.45) is 5.10 Å². The molecule has 1 N–H and O–H groups in total. The van der Waals surface area contributed by atoms with Crippen molar-refractivity contribution < 1.29 is 4.79 Å². The number of carbonyl (C=O) groups excluding carboxylic acids is 1. The Morgan fingerprint density at radius 1 is 1.15 bits per heavy atom. The lowest BCUT2D eigenvalue weighted by Crippen LogP contribution is -2.15. The van der Waals surface area contributed by atoms with Crippen molar-refractivity contribution in [3.05, 3.63) is 59.9 Å². The summed E-state index contributed by atoms with van der Waals surface area (Å²) in [4.78, 5) is 20.0. The van der Waals surface area contributed by atoms with E-state index in [0.717, 1.165) is 16.5 Å². The highest BCUT2D eigenvalue weighted by molar-refractivity contribution is 5.98. The van der Waals surface area contributed by atoms with Crippen LogP contribution < -0.4 is 5.43 Å². The fraction of sp³-hybridized carbons (Fsp3) is 0.158. The van der Waals surface area contributed by atoms with E-state index in [0.29, 0.717) is 29.1 Å². The molecule has 4 aromatic rings. The Kier molecular flexibility index (Phi) is 4.29. The molecule has 4 rings (SSSR count). The second-order valence-corrected chi connectivity index (χ2v) is 6.18. The van der Waals surface area contributed by atoms with Crippen LogP contribution in [0.4, 0.5) is 0 Å². The van der Waals surface area contributed by atoms with Gasteiger partial charge in [0.25, 0.3) is 0 Å². The Morgan fingerprint density at radius 3 is 2.85 bits per heavy atom. The van der Waals surface area contributed by atoms with E-state index in [4.69, 9.17) is 0 Å². The lowest BCUT2D eigenvalue weighted by molar-refractivity contribution is -0.118. The SMILES string of the molecule is CC(=O)N/N=C(/C)c1ccc2nnn(Cc3ccc4ncccc4c3)c2n1. The predicted molar refractivity (Wildman–Crippen MR) is 102 cm³/mol. The quantitative estimate of drug-likeness (QED) is 0.445. The van der Waals surface area contributed by atoms with Gasteiger partial charge >= 0.3 is 0 Å². The Hall–Kier alpha value is -3.68. The summed E-state index contributed by atoms with van der Waals surface area (Å²) >= 11 is 0. The monoisotopic (exact) mass is 359 g/mol. The van der Waals surface area contributed by atoms with Gasteiger partial charge in [-0.15, -0.1) is 5.10 Å². The van der Waals surface area contributed by atoms with Crippen LogP contribution in [0.25, 0.3) is 22.1 Å². The molecular formula is C19H17N7O. The predicted octanol–water partition coefficient (Wildman–Crippen LogP) is 2.28. The van der Waals surface area contributed by atoms with Gasteiger partial charge in [0.05, 0.1) is 23.5 Å². The minimum absolute atomic E-state index is 0.229. The van der Waals surface area contributed by atoms with Crippen LogP contribution in [0.1, 0.15) is 25.1 Å². The Bertz CT molecular complexity index is 1180. The van der Waals surface area contributed by atoms with Gasteiger partial charge in [-0.3, -0.25) is 9.78 Å². The number of benzene rings is 1. The van der Waals surface area contributed by atoms with Crippen LogP contribution >= 0.6 is 0 Å². The van der Waals surface area contributed by atoms with E-state index in [9.17, 15) is 4.79 Å². The molecule has 8 nitrogen and oxygen atoms in total. The number of hydrazone groups is 1. The molecule has 0 aliphatic heterocycles. The third-order valence-corrected chi connectivity index (χ3v) is 4.11. The summed E-state index contributed by atoms with van der Waals surface area (Å²) in [5, 5.41) is 13.5. The van der Waals surface area contributed by atoms with Crippen LogP contribution in [0.5, 0.6) is 0 Å². The molecule has 3 aromatic heterocycles. The van der Waals surface area contributed by atoms with Gasteiger partial charge < -0.3 is 0 Å². The first-order valence-corrected chi connectivity index (χ1v) is 8.45. The molecule has 1 amide bonds. The zero-order chi connectivity index (χ0) is 18.8. The summed E-state index contributed by atoms with van der Waals surface area (Å²) in [7, 11) is 0. The molecule has 0 atom stereocenters. The van der Waals surface area contributed by atoms with Gasteiger partial charge in [0.15, 0.2) is 5.65 Å². The molecule has 0 radical (unpaired) electrons. The first kappa shape index (κ1) is 16.8. The lowest BCUT2D eigenvalue weighted by atomic mass is 10.1. The normalized spacial score (nSPS) is 11.9. The largest absolute Gasteiger partial charge is 0.274 e. The maximum atomic E-state index is 11.0. The van der Waals surface area contributed by atoms with Crippen molar-refractivity contribution in [3.8, 4) is 0 Å². The first-order chi connectivity index (χ1) is 13.1. The van der Waals surface area contributed by atoms with E-state index in [1.807, 2.05) is 36.4 Å². The van der Waals surface area contributed by atoms with Crippen LogP contribution in [0.2, 0.25) is 0 Å². The van der Waals surface area contributed by atoms with E-state index in [-0.39, 0.29) is 5.91 Å². The molecule has 1 aromatic carbocycles. The Morgan fingerprint density at radius 2 is 2.00 bits per heavy atom. The molecule has 3 heterocycles. The number of aromatic nitrogens is 5. The third kappa shape index (κ3) is 3.50. The van der Waals surface area contributed by atoms with Gasteiger partial charge in [-0.05, 0) is 42.8 Å². The Labute approximate surface area is 154 Å². The first-order valence-electron chi connectivity index (χ1n) is 8.45. The highest BCUT2D eigenvalue weighted by Gasteiger charge is 2.10. The smallest absolute Gasteiger partial charge is 0.236 e. The molecule has 0 spiro atoms. The molecule has 0 unspecified atom stereocenters. The second kappa shape index (κ2) is 6.91. The van der Waals surface area contributed by atoms with Gasteiger partial charge in [-0.2, -0.15) is 5.10 Å². The summed E-state index contributed by atoms with van der Waals surface area (Å²) in [6.45, 7) is 3.74. The van der Waals surface area contributed by atoms with Gasteiger partial charge in [0, 0.05) is 18.5 Å². The number of carbonyl (C=O) groups is 1. The molecule has 0 bridgehead atoms. The van der Waals surface area contributed by atoms with E-state index < -0.39 is 0 Å². The van der Waals surface area contributed by atoms with Gasteiger partial charge in [-0.1, -0.05) is 17.3 Å². The maximum absolute atomic E-state index is 11.0. The molecule has 8 heteroatoms. The molecule has 0 aliphatic rings. The standard InChI is InChI=1S/C19H17N7O/c1-12(22-23-13(2)27)16-7-8-18-19(21-16)26(25-24-18)11-14-5-6-17-15(10-14)4-3-9-20-17/h3-10H,11H2,1-2H3,(H,23,27)/b22-12-. The number of pyridine rings is 2. The molecular weight excluding hydrogens is 342 g/mol. The molecule has 0 fully saturated rings. The highest BCUT2D eigenvalue weighted by Crippen LogP contribution is 2.16. The average molecular weight is 359 g/mol. The van der Waals surface area contributed by atoms with Crippen LogP contribution in [-0.4, -0.2) is 36.6 Å². The number of nitrogens with one attached hydrogen (secondary N) is 1. The molecule has 0 aliphatic carbocycles. The van der Waals surface area contributed by atoms with Gasteiger partial charge in [0.1, 0.15) is 5.52 Å². The average Bonchev–Trinajstić information content (AvgIpc) is 3.08. The number of nitrogens with zero attached hydrogens (tertiary/aromatic N) is 6. The van der Waals surface area contributed by atoms with Gasteiger partial charge in [0.2, 0.25) is 5.91 Å². The molecule has 0 saturated carbocycles. The third-order valence-electron chi connectivity index (χ3n) is 4.11. The summed E-state index contributed by atoms with van der Waals surface area (Å²) in [5.41, 5.74) is 7.09. The molecule has 0 saturated heterocycles. The van der Waals surface area contributed by atoms with Crippen LogP contribution in [0.3, 0.4) is 0 Å². The highest BCUT2D eigenvalue weighted by atomic mass is 16.2. The number of rotatable bonds is 4. The van der Waals surface area contributed by atoms with E-state index in [2.05, 4.69) is 36.9 Å². The Balaban J connectivity index is 1.67. The fourth-order valence-electron chi connectivity index (χ4n) is 2.78. The summed E-state index contributed by atoms with van der Waals surface area (Å²) < 4.78 is 1.75. The van der Waals surface area contributed by atoms with E-state index in [1.165, 1.54) is 6.92 Å². The van der Waals surface area contributed by atoms with Crippen molar-refractivity contribution in [1.82, 2.24) is 30.4 Å². The van der Waals surface area contributed by atoms with Gasteiger partial charge in [-0.25, -0.2) is 15.1 Å². The van der Waals surface area contributed by atoms with E-state index in [1.54, 1.807) is 17.8 Å². The number of amides is 1. The van der Waals surface area contributed by atoms with Crippen LogP contribution in [0.15, 0.2) is 53.8 Å². The number of hydrogen-bond acceptors (Lipinski definition) is 6. The number of hydrogen-bond donors (Lipinski definition) is 1. The second-order valence-electron chi connectivity index (χ2n) is 6.18. The van der Waals surface area contributed by atoms with Crippen molar-refractivity contribution >= 4 is 33.7 Å². The van der Waals surface area contributed by atoms with E-state index >= 15 is 0 Å².